The van der Waals surface area contributed by atoms with Crippen LogP contribution in [0.1, 0.15) is 13.8 Å². The molecule has 2 unspecified atom stereocenters. The van der Waals surface area contributed by atoms with Crippen LogP contribution in [-0.4, -0.2) is 50.7 Å². The molecule has 0 fully saturated rings. The molecule has 5 heteroatoms. The first-order valence-corrected chi connectivity index (χ1v) is 5.38. The molecule has 0 radical (unpaired) electrons. The molecule has 1 N–H and O–H groups in total. The van der Waals surface area contributed by atoms with E-state index in [1.807, 2.05) is 0 Å². The van der Waals surface area contributed by atoms with Crippen LogP contribution in [0.25, 0.3) is 0 Å². The van der Waals surface area contributed by atoms with Crippen molar-refractivity contribution in [3.05, 3.63) is 12.7 Å². The molecule has 0 amide bonds. The maximum atomic E-state index is 8.54. The van der Waals surface area contributed by atoms with Crippen LogP contribution in [0.15, 0.2) is 12.7 Å². The van der Waals surface area contributed by atoms with E-state index >= 15 is 0 Å². The lowest BCUT2D eigenvalue weighted by atomic mass is 10.6. The summed E-state index contributed by atoms with van der Waals surface area (Å²) in [7, 11) is 0. The standard InChI is InChI=1S/C11H22O5/c1-4-6-13-8-9-15-11(3)16-10(2)14-7-5-12/h4,10-12H,1,5-9H2,2-3H3. The highest BCUT2D eigenvalue weighted by atomic mass is 16.8. The van der Waals surface area contributed by atoms with Crippen molar-refractivity contribution in [1.29, 1.82) is 0 Å². The van der Waals surface area contributed by atoms with E-state index in [-0.39, 0.29) is 19.5 Å². The van der Waals surface area contributed by atoms with Crippen LogP contribution in [0.4, 0.5) is 0 Å². The monoisotopic (exact) mass is 234 g/mol. The maximum absolute atomic E-state index is 8.54. The SMILES string of the molecule is C=CCOCCOC(C)OC(C)OCCO. The zero-order valence-corrected chi connectivity index (χ0v) is 10.1. The molecule has 0 heterocycles. The van der Waals surface area contributed by atoms with Crippen LogP contribution in [0, 0.1) is 0 Å². The first kappa shape index (κ1) is 15.5. The van der Waals surface area contributed by atoms with Gasteiger partial charge in [-0.25, -0.2) is 0 Å². The Morgan fingerprint density at radius 2 is 1.75 bits per heavy atom. The van der Waals surface area contributed by atoms with Gasteiger partial charge in [0.05, 0.1) is 33.0 Å². The molecule has 0 saturated heterocycles. The van der Waals surface area contributed by atoms with Gasteiger partial charge in [-0.15, -0.1) is 6.58 Å². The normalized spacial score (nSPS) is 14.7. The number of hydrogen-bond donors (Lipinski definition) is 1. The van der Waals surface area contributed by atoms with Crippen molar-refractivity contribution in [2.45, 2.75) is 26.4 Å². The third-order valence-electron chi connectivity index (χ3n) is 1.64. The predicted octanol–water partition coefficient (Wildman–Crippen LogP) is 0.923. The minimum Gasteiger partial charge on any atom is -0.394 e. The molecule has 0 saturated carbocycles. The summed E-state index contributed by atoms with van der Waals surface area (Å²) in [5, 5.41) is 8.54. The molecule has 2 atom stereocenters. The lowest BCUT2D eigenvalue weighted by molar-refractivity contribution is -0.235. The summed E-state index contributed by atoms with van der Waals surface area (Å²) in [5.41, 5.74) is 0. The van der Waals surface area contributed by atoms with Crippen LogP contribution >= 0.6 is 0 Å². The van der Waals surface area contributed by atoms with Crippen molar-refractivity contribution >= 4 is 0 Å². The molecule has 5 nitrogen and oxygen atoms in total. The van der Waals surface area contributed by atoms with Crippen molar-refractivity contribution < 1.29 is 24.1 Å². The summed E-state index contributed by atoms with van der Waals surface area (Å²) in [6.45, 7) is 8.80. The van der Waals surface area contributed by atoms with Crippen molar-refractivity contribution in [3.8, 4) is 0 Å². The summed E-state index contributed by atoms with van der Waals surface area (Å²) in [6.07, 6.45) is 0.933. The van der Waals surface area contributed by atoms with Gasteiger partial charge in [0.1, 0.15) is 0 Å². The molecule has 0 aliphatic carbocycles. The molecular weight excluding hydrogens is 212 g/mol. The third-order valence-corrected chi connectivity index (χ3v) is 1.64. The smallest absolute Gasteiger partial charge is 0.158 e. The Morgan fingerprint density at radius 1 is 1.12 bits per heavy atom. The van der Waals surface area contributed by atoms with E-state index < -0.39 is 6.29 Å². The summed E-state index contributed by atoms with van der Waals surface area (Å²) < 4.78 is 20.9. The summed E-state index contributed by atoms with van der Waals surface area (Å²) >= 11 is 0. The molecular formula is C11H22O5. The Balaban J connectivity index is 3.35. The zero-order valence-electron chi connectivity index (χ0n) is 10.1. The molecule has 0 aromatic carbocycles. The molecule has 0 aliphatic rings. The number of aliphatic hydroxyl groups is 1. The highest BCUT2D eigenvalue weighted by Gasteiger charge is 2.08. The molecule has 96 valence electrons. The van der Waals surface area contributed by atoms with E-state index in [2.05, 4.69) is 6.58 Å². The number of rotatable bonds is 11. The highest BCUT2D eigenvalue weighted by Crippen LogP contribution is 2.01. The Labute approximate surface area is 96.9 Å². The van der Waals surface area contributed by atoms with E-state index in [4.69, 9.17) is 24.1 Å². The lowest BCUT2D eigenvalue weighted by Gasteiger charge is -2.19. The second kappa shape index (κ2) is 11.0. The van der Waals surface area contributed by atoms with E-state index in [0.717, 1.165) is 0 Å². The van der Waals surface area contributed by atoms with Gasteiger partial charge >= 0.3 is 0 Å². The molecule has 0 aromatic rings. The van der Waals surface area contributed by atoms with Crippen LogP contribution in [0.5, 0.6) is 0 Å². The van der Waals surface area contributed by atoms with Gasteiger partial charge in [-0.05, 0) is 13.8 Å². The summed E-state index contributed by atoms with van der Waals surface area (Å²) in [4.78, 5) is 0. The zero-order chi connectivity index (χ0) is 12.2. The molecule has 0 spiro atoms. The molecule has 0 aromatic heterocycles. The van der Waals surface area contributed by atoms with Crippen LogP contribution in [0.3, 0.4) is 0 Å². The Kier molecular flexibility index (Phi) is 10.7. The van der Waals surface area contributed by atoms with Gasteiger partial charge in [0.15, 0.2) is 12.6 Å². The highest BCUT2D eigenvalue weighted by molar-refractivity contribution is 4.63. The van der Waals surface area contributed by atoms with E-state index in [9.17, 15) is 0 Å². The number of ether oxygens (including phenoxy) is 4. The second-order valence-electron chi connectivity index (χ2n) is 3.10. The van der Waals surface area contributed by atoms with Gasteiger partial charge in [0, 0.05) is 0 Å². The van der Waals surface area contributed by atoms with Crippen LogP contribution in [-0.2, 0) is 18.9 Å². The Morgan fingerprint density at radius 3 is 2.31 bits per heavy atom. The number of hydrogen-bond acceptors (Lipinski definition) is 5. The number of aliphatic hydroxyl groups excluding tert-OH is 1. The summed E-state index contributed by atoms with van der Waals surface area (Å²) in [5.74, 6) is 0. The van der Waals surface area contributed by atoms with E-state index in [0.29, 0.717) is 19.8 Å². The van der Waals surface area contributed by atoms with Crippen molar-refractivity contribution in [3.63, 3.8) is 0 Å². The molecule has 0 rings (SSSR count). The predicted molar refractivity (Wildman–Crippen MR) is 60.0 cm³/mol. The fourth-order valence-electron chi connectivity index (χ4n) is 1.01. The van der Waals surface area contributed by atoms with E-state index in [1.165, 1.54) is 0 Å². The lowest BCUT2D eigenvalue weighted by Crippen LogP contribution is -2.24. The first-order chi connectivity index (χ1) is 7.70. The largest absolute Gasteiger partial charge is 0.394 e. The minimum atomic E-state index is -0.392. The van der Waals surface area contributed by atoms with Gasteiger partial charge in [-0.3, -0.25) is 0 Å². The second-order valence-corrected chi connectivity index (χ2v) is 3.10. The molecule has 0 aliphatic heterocycles. The van der Waals surface area contributed by atoms with Gasteiger partial charge < -0.3 is 24.1 Å². The van der Waals surface area contributed by atoms with Gasteiger partial charge in [0.25, 0.3) is 0 Å². The van der Waals surface area contributed by atoms with Crippen molar-refractivity contribution in [2.75, 3.05) is 33.0 Å². The van der Waals surface area contributed by atoms with Gasteiger partial charge in [0.2, 0.25) is 0 Å². The summed E-state index contributed by atoms with van der Waals surface area (Å²) in [6, 6.07) is 0. The first-order valence-electron chi connectivity index (χ1n) is 5.38. The van der Waals surface area contributed by atoms with Crippen molar-refractivity contribution in [2.24, 2.45) is 0 Å². The fourth-order valence-corrected chi connectivity index (χ4v) is 1.01. The third kappa shape index (κ3) is 10.1. The molecule has 0 bridgehead atoms. The van der Waals surface area contributed by atoms with E-state index in [1.54, 1.807) is 19.9 Å². The van der Waals surface area contributed by atoms with Gasteiger partial charge in [-0.2, -0.15) is 0 Å². The Bertz CT molecular complexity index is 162. The molecule has 16 heavy (non-hydrogen) atoms. The topological polar surface area (TPSA) is 57.2 Å². The maximum Gasteiger partial charge on any atom is 0.158 e. The fraction of sp³-hybridized carbons (Fsp3) is 0.818. The Hall–Kier alpha value is -0.460. The van der Waals surface area contributed by atoms with Crippen LogP contribution in [0.2, 0.25) is 0 Å². The average Bonchev–Trinajstić information content (AvgIpc) is 2.26. The van der Waals surface area contributed by atoms with Gasteiger partial charge in [-0.1, -0.05) is 6.08 Å². The van der Waals surface area contributed by atoms with Crippen LogP contribution < -0.4 is 0 Å². The average molecular weight is 234 g/mol. The quantitative estimate of drug-likeness (QED) is 0.327. The minimum absolute atomic E-state index is 0.0155. The van der Waals surface area contributed by atoms with Crippen molar-refractivity contribution in [1.82, 2.24) is 0 Å².